The van der Waals surface area contributed by atoms with Crippen LogP contribution in [0.25, 0.3) is 67.3 Å². The summed E-state index contributed by atoms with van der Waals surface area (Å²) in [6, 6.07) is 10.3. The number of carbonyl (C=O) groups excluding carboxylic acids is 3. The highest BCUT2D eigenvalue weighted by Crippen LogP contribution is 2.42. The number of alkyl carbamates (subject to hydrolysis) is 1. The SMILES string of the molecule is COc1cc(F)c(-c2cc(Cn3cnc4c(N(C(=O)OC(C)(C)C)C(=O)OC(C)(C)C)ncnc43)c(N3CCCC(NC(=O)OC(C)(C)C)(C(O)C(F)F)C3)cn2)cc1F.COc1cc(F)c(-c2cc(Cn3cnc4c(N)ncnc43)c(N3CCC[C@](N)([C@@H](O)C(F)F)C3)cn2)cc1F.COc1cc(F)c(-c2cc(Cn3cnc4c(N)ncnc43)c(N3CCC[C@](N)([C@H](O)C(F)F)C3)cn2)cc1F.O=C(O)C(F)(F)F. The molecule has 0 bridgehead atoms. The number of aliphatic hydroxyl groups is 3. The van der Waals surface area contributed by atoms with Crippen LogP contribution in [0.1, 0.15) is 118 Å². The van der Waals surface area contributed by atoms with Crippen molar-refractivity contribution in [3.63, 3.8) is 0 Å². The van der Waals surface area contributed by atoms with Crippen molar-refractivity contribution >= 4 is 92.3 Å². The Bertz CT molecular complexity index is 6460. The maximum atomic E-state index is 15.5. The monoisotopic (exact) mass is 2050 g/mol. The Hall–Kier alpha value is -14.6. The maximum absolute atomic E-state index is 15.5. The second-order valence-electron chi connectivity index (χ2n) is 37.1. The number of nitrogen functional groups attached to an aromatic ring is 2. The molecule has 12 aromatic rings. The first-order valence-electron chi connectivity index (χ1n) is 44.3. The first kappa shape index (κ1) is 109. The zero-order chi connectivity index (χ0) is 106. The number of rotatable bonds is 23. The largest absolute Gasteiger partial charge is 0.494 e. The number of nitrogens with two attached hydrogens (primary N) is 4. The number of halogens is 15. The van der Waals surface area contributed by atoms with Gasteiger partial charge >= 0.3 is 30.4 Å². The fourth-order valence-corrected chi connectivity index (χ4v) is 16.5. The molecule has 9 aromatic heterocycles. The minimum Gasteiger partial charge on any atom is -0.494 e. The number of alkyl halides is 9. The predicted molar refractivity (Wildman–Crippen MR) is 495 cm³/mol. The number of fused-ring (bicyclic) bond motifs is 3. The van der Waals surface area contributed by atoms with Gasteiger partial charge in [0.2, 0.25) is 0 Å². The van der Waals surface area contributed by atoms with Crippen LogP contribution in [0.4, 0.5) is 115 Å². The van der Waals surface area contributed by atoms with Crippen molar-refractivity contribution < 1.29 is 134 Å². The molecule has 3 fully saturated rings. The van der Waals surface area contributed by atoms with Crippen molar-refractivity contribution in [3.8, 4) is 51.0 Å². The summed E-state index contributed by atoms with van der Waals surface area (Å²) in [6.45, 7) is 15.3. The van der Waals surface area contributed by atoms with E-state index >= 15 is 4.39 Å². The first-order chi connectivity index (χ1) is 68.0. The van der Waals surface area contributed by atoms with E-state index in [1.165, 1.54) is 82.2 Å². The summed E-state index contributed by atoms with van der Waals surface area (Å²) in [5.74, 6) is -8.20. The highest BCUT2D eigenvalue weighted by atomic mass is 19.4. The number of benzene rings is 3. The van der Waals surface area contributed by atoms with Crippen LogP contribution in [0.5, 0.6) is 17.2 Å². The Morgan fingerprint density at radius 3 is 1.08 bits per heavy atom. The number of hydrogen-bond acceptors (Lipinski definition) is 32. The number of anilines is 6. The number of carboxylic acids is 1. The van der Waals surface area contributed by atoms with Crippen LogP contribution >= 0.6 is 0 Å². The van der Waals surface area contributed by atoms with Crippen LogP contribution in [0, 0.1) is 34.9 Å². The lowest BCUT2D eigenvalue weighted by molar-refractivity contribution is -0.192. The number of carboxylic acid groups (broad SMARTS) is 1. The molecule has 780 valence electrons. The van der Waals surface area contributed by atoms with E-state index < -0.39 is 136 Å². The first-order valence-corrected chi connectivity index (χ1v) is 44.3. The number of amides is 3. The fourth-order valence-electron chi connectivity index (χ4n) is 16.5. The third-order valence-corrected chi connectivity index (χ3v) is 23.2. The van der Waals surface area contributed by atoms with E-state index in [0.717, 1.165) is 42.7 Å². The number of imidazole rings is 3. The Kier molecular flexibility index (Phi) is 33.1. The van der Waals surface area contributed by atoms with E-state index in [-0.39, 0.29) is 151 Å². The summed E-state index contributed by atoms with van der Waals surface area (Å²) in [5.41, 5.74) is 20.7. The molecule has 15 rings (SSSR count). The molecule has 145 heavy (non-hydrogen) atoms. The number of piperidine rings is 3. The lowest BCUT2D eigenvalue weighted by Gasteiger charge is -2.46. The summed E-state index contributed by atoms with van der Waals surface area (Å²) in [7, 11) is 3.65. The molecule has 0 saturated carbocycles. The van der Waals surface area contributed by atoms with Gasteiger partial charge in [0.15, 0.2) is 74.6 Å². The topological polar surface area (TPSA) is 503 Å². The van der Waals surface area contributed by atoms with Gasteiger partial charge in [-0.1, -0.05) is 0 Å². The number of aromatic nitrogens is 15. The van der Waals surface area contributed by atoms with E-state index in [1.807, 2.05) is 0 Å². The van der Waals surface area contributed by atoms with Crippen molar-refractivity contribution in [2.75, 3.05) is 91.7 Å². The number of hydrogen-bond donors (Lipinski definition) is 9. The molecular formula is C92H103F15N24O14. The fraction of sp³-hybridized carbons (Fsp3) is 0.435. The zero-order valence-electron chi connectivity index (χ0n) is 79.8. The standard InChI is InChI=1S/C40H50F4N8O8.2C25H26F4N8O2.C2HF3O2/c1-37(2,3)58-34(54)49-40(30(53)31(43)44)12-11-13-50(19-40)27-17-45-26(23-15-25(42)28(57-10)16-24(23)41)14-22(27)18-51-21-48-29-32(51)46-20-47-33(29)52(35(55)59-38(4,5)6)36(56)60-39(7,8)9;2*1-39-19-7-15(26)14(6-16(19)27)17-5-13(9-37-12-35-20-23(30)33-11-34-24(20)37)18(8-32-17)36-4-2-3-25(31,10-36)21(38)22(28)29;3-2(4,5)1(6)7/h14-17,20-21,30-31,53H,11-13,18-19H2,1-10H3,(H,49,54);2*5-8,11-12,21-22,38H,2-4,9-10,31H2,1H3,(H2,30,33,34);(H,6,7)/t;21-,25+;21-,25-;/m.01./s1. The van der Waals surface area contributed by atoms with Crippen molar-refractivity contribution in [1.29, 1.82) is 0 Å². The summed E-state index contributed by atoms with van der Waals surface area (Å²) in [5, 5.41) is 40.9. The van der Waals surface area contributed by atoms with E-state index in [9.17, 15) is 91.2 Å². The van der Waals surface area contributed by atoms with E-state index in [2.05, 4.69) is 65.1 Å². The summed E-state index contributed by atoms with van der Waals surface area (Å²) < 4.78 is 239. The summed E-state index contributed by atoms with van der Waals surface area (Å²) >= 11 is 0. The molecular weight excluding hydrogens is 1950 g/mol. The number of carbonyl (C=O) groups is 4. The average Bonchev–Trinajstić information content (AvgIpc) is 1.73. The molecule has 3 aliphatic heterocycles. The van der Waals surface area contributed by atoms with Gasteiger partial charge in [-0.25, -0.2) is 117 Å². The normalized spacial score (nSPS) is 17.5. The van der Waals surface area contributed by atoms with Crippen molar-refractivity contribution in [1.82, 2.24) is 78.8 Å². The molecule has 38 nitrogen and oxygen atoms in total. The number of ether oxygens (including phenoxy) is 6. The van der Waals surface area contributed by atoms with Gasteiger partial charge < -0.3 is 105 Å². The number of pyridine rings is 3. The number of aliphatic hydroxyl groups excluding tert-OH is 3. The van der Waals surface area contributed by atoms with Gasteiger partial charge in [-0.05, 0) is 154 Å². The van der Waals surface area contributed by atoms with Crippen LogP contribution in [0.2, 0.25) is 0 Å². The molecule has 0 aliphatic carbocycles. The van der Waals surface area contributed by atoms with Gasteiger partial charge in [0.1, 0.15) is 82.6 Å². The van der Waals surface area contributed by atoms with Crippen molar-refractivity contribution in [2.24, 2.45) is 11.5 Å². The highest BCUT2D eigenvalue weighted by molar-refractivity contribution is 6.12. The number of nitrogens with one attached hydrogen (secondary N) is 1. The van der Waals surface area contributed by atoms with Gasteiger partial charge in [-0.3, -0.25) is 15.0 Å². The van der Waals surface area contributed by atoms with Crippen LogP contribution in [0.3, 0.4) is 0 Å². The number of imide groups is 1. The molecule has 6 atom stereocenters. The molecule has 3 aromatic carbocycles. The Balaban J connectivity index is 0.000000193. The predicted octanol–water partition coefficient (Wildman–Crippen LogP) is 13.5. The quantitative estimate of drug-likeness (QED) is 0.0212. The highest BCUT2D eigenvalue weighted by Gasteiger charge is 2.50. The molecule has 2 unspecified atom stereocenters. The molecule has 0 radical (unpaired) electrons. The maximum Gasteiger partial charge on any atom is 0.490 e. The average molecular weight is 2050 g/mol. The van der Waals surface area contributed by atoms with Crippen LogP contribution < -0.4 is 62.1 Å². The minimum absolute atomic E-state index is 0.0173. The Morgan fingerprint density at radius 1 is 0.434 bits per heavy atom. The number of nitrogens with zero attached hydrogens (tertiary/aromatic N) is 19. The minimum atomic E-state index is -5.08. The smallest absolute Gasteiger partial charge is 0.490 e. The van der Waals surface area contributed by atoms with Gasteiger partial charge in [-0.15, -0.1) is 0 Å². The molecule has 13 N–H and O–H groups in total. The van der Waals surface area contributed by atoms with Gasteiger partial charge in [0, 0.05) is 74.2 Å². The van der Waals surface area contributed by atoms with E-state index in [1.54, 1.807) is 98.3 Å². The second-order valence-corrected chi connectivity index (χ2v) is 37.1. The molecule has 53 heteroatoms. The van der Waals surface area contributed by atoms with E-state index in [4.69, 9.17) is 61.3 Å². The van der Waals surface area contributed by atoms with Gasteiger partial charge in [0.05, 0.1) is 129 Å². The molecule has 0 spiro atoms. The van der Waals surface area contributed by atoms with Crippen molar-refractivity contribution in [2.45, 2.75) is 198 Å². The molecule has 12 heterocycles. The Labute approximate surface area is 816 Å². The number of aliphatic carboxylic acids is 1. The molecule has 3 aliphatic rings. The third kappa shape index (κ3) is 25.4. The Morgan fingerprint density at radius 2 is 0.752 bits per heavy atom. The lowest BCUT2D eigenvalue weighted by atomic mass is 9.83. The number of methoxy groups -OCH3 is 3. The van der Waals surface area contributed by atoms with Crippen LogP contribution in [-0.4, -0.2) is 256 Å². The second kappa shape index (κ2) is 43.9. The van der Waals surface area contributed by atoms with Gasteiger partial charge in [0.25, 0.3) is 19.3 Å². The molecule has 3 saturated heterocycles. The molecule has 3 amide bonds. The summed E-state index contributed by atoms with van der Waals surface area (Å²) in [6.07, 6.45) is -10.1. The van der Waals surface area contributed by atoms with E-state index in [0.29, 0.717) is 86.9 Å². The van der Waals surface area contributed by atoms with Crippen LogP contribution in [-0.2, 0) is 38.6 Å². The van der Waals surface area contributed by atoms with Gasteiger partial charge in [-0.2, -0.15) is 18.1 Å². The van der Waals surface area contributed by atoms with Crippen molar-refractivity contribution in [3.05, 3.63) is 163 Å². The summed E-state index contributed by atoms with van der Waals surface area (Å²) in [4.78, 5) is 106. The third-order valence-electron chi connectivity index (χ3n) is 23.2. The lowest BCUT2D eigenvalue weighted by Crippen LogP contribution is -2.67. The zero-order valence-corrected chi connectivity index (χ0v) is 79.8. The van der Waals surface area contributed by atoms with Crippen LogP contribution in [0.15, 0.2) is 111 Å².